The molecule has 1 aromatic carbocycles. The van der Waals surface area contributed by atoms with Crippen LogP contribution in [0.2, 0.25) is 0 Å². The van der Waals surface area contributed by atoms with E-state index in [1.165, 1.54) is 9.87 Å². The van der Waals surface area contributed by atoms with Crippen LogP contribution in [0.4, 0.5) is 0 Å². The molecule has 0 amide bonds. The minimum absolute atomic E-state index is 0.339. The number of benzene rings is 1. The molecule has 0 unspecified atom stereocenters. The van der Waals surface area contributed by atoms with Crippen LogP contribution in [0.3, 0.4) is 0 Å². The van der Waals surface area contributed by atoms with Crippen LogP contribution in [0.15, 0.2) is 35.2 Å². The van der Waals surface area contributed by atoms with Crippen molar-refractivity contribution < 1.29 is 8.42 Å². The standard InChI is InChI=1S/C20H30N4O2S/c1-16-20(27(25,26)22(3)4)17(2)24(21-16)15-23-12-10-19(11-13-23)14-18-8-6-5-7-9-18/h5-9,19H,10-15H2,1-4H3. The highest BCUT2D eigenvalue weighted by Gasteiger charge is 2.27. The highest BCUT2D eigenvalue weighted by atomic mass is 32.2. The Morgan fingerprint density at radius 3 is 2.33 bits per heavy atom. The molecule has 0 bridgehead atoms. The maximum atomic E-state index is 12.6. The average Bonchev–Trinajstić information content (AvgIpc) is 2.91. The van der Waals surface area contributed by atoms with Gasteiger partial charge in [-0.2, -0.15) is 5.10 Å². The lowest BCUT2D eigenvalue weighted by molar-refractivity contribution is 0.139. The predicted octanol–water partition coefficient (Wildman–Crippen LogP) is 2.66. The van der Waals surface area contributed by atoms with Crippen molar-refractivity contribution >= 4 is 10.0 Å². The van der Waals surface area contributed by atoms with Gasteiger partial charge in [0.25, 0.3) is 0 Å². The molecule has 0 saturated carbocycles. The van der Waals surface area contributed by atoms with Gasteiger partial charge in [0.05, 0.1) is 18.1 Å². The van der Waals surface area contributed by atoms with E-state index in [4.69, 9.17) is 0 Å². The zero-order valence-corrected chi connectivity index (χ0v) is 17.5. The molecular formula is C20H30N4O2S. The van der Waals surface area contributed by atoms with E-state index in [9.17, 15) is 8.42 Å². The van der Waals surface area contributed by atoms with Crippen LogP contribution < -0.4 is 0 Å². The third-order valence-corrected chi connectivity index (χ3v) is 7.53. The molecule has 2 aromatic rings. The first kappa shape index (κ1) is 20.0. The molecule has 1 saturated heterocycles. The van der Waals surface area contributed by atoms with E-state index in [2.05, 4.69) is 40.3 Å². The summed E-state index contributed by atoms with van der Waals surface area (Å²) in [5.41, 5.74) is 2.70. The largest absolute Gasteiger partial charge is 0.284 e. The molecule has 3 rings (SSSR count). The van der Waals surface area contributed by atoms with E-state index in [0.717, 1.165) is 32.4 Å². The van der Waals surface area contributed by atoms with Crippen molar-refractivity contribution in [1.82, 2.24) is 19.0 Å². The van der Waals surface area contributed by atoms with Crippen LogP contribution in [0.1, 0.15) is 29.8 Å². The van der Waals surface area contributed by atoms with Crippen molar-refractivity contribution in [2.45, 2.75) is 44.7 Å². The smallest absolute Gasteiger partial charge is 0.246 e. The molecular weight excluding hydrogens is 360 g/mol. The fraction of sp³-hybridized carbons (Fsp3) is 0.550. The van der Waals surface area contributed by atoms with Gasteiger partial charge >= 0.3 is 0 Å². The summed E-state index contributed by atoms with van der Waals surface area (Å²) in [6.45, 7) is 6.30. The molecule has 6 nitrogen and oxygen atoms in total. The summed E-state index contributed by atoms with van der Waals surface area (Å²) in [6, 6.07) is 10.7. The molecule has 1 fully saturated rings. The van der Waals surface area contributed by atoms with Crippen LogP contribution in [0.5, 0.6) is 0 Å². The highest BCUT2D eigenvalue weighted by Crippen LogP contribution is 2.25. The van der Waals surface area contributed by atoms with Gasteiger partial charge in [-0.25, -0.2) is 12.7 Å². The second-order valence-electron chi connectivity index (χ2n) is 7.68. The van der Waals surface area contributed by atoms with Crippen LogP contribution in [0, 0.1) is 19.8 Å². The van der Waals surface area contributed by atoms with Gasteiger partial charge in [-0.05, 0) is 44.6 Å². The number of likely N-dealkylation sites (tertiary alicyclic amines) is 1. The molecule has 148 valence electrons. The molecule has 0 radical (unpaired) electrons. The Bertz CT molecular complexity index is 867. The normalized spacial score (nSPS) is 16.9. The Kier molecular flexibility index (Phi) is 6.03. The SMILES string of the molecule is Cc1nn(CN2CCC(Cc3ccccc3)CC2)c(C)c1S(=O)(=O)N(C)C. The Morgan fingerprint density at radius 2 is 1.74 bits per heavy atom. The number of piperidine rings is 1. The number of nitrogens with zero attached hydrogens (tertiary/aromatic N) is 4. The monoisotopic (exact) mass is 390 g/mol. The number of hydrogen-bond donors (Lipinski definition) is 0. The first-order valence-electron chi connectivity index (χ1n) is 9.52. The summed E-state index contributed by atoms with van der Waals surface area (Å²) in [6.07, 6.45) is 3.47. The summed E-state index contributed by atoms with van der Waals surface area (Å²) in [7, 11) is -0.353. The van der Waals surface area contributed by atoms with E-state index < -0.39 is 10.0 Å². The van der Waals surface area contributed by atoms with E-state index in [-0.39, 0.29) is 0 Å². The second kappa shape index (κ2) is 8.12. The molecule has 2 heterocycles. The summed E-state index contributed by atoms with van der Waals surface area (Å²) >= 11 is 0. The van der Waals surface area contributed by atoms with E-state index in [1.54, 1.807) is 21.0 Å². The van der Waals surface area contributed by atoms with Crippen LogP contribution in [0.25, 0.3) is 0 Å². The van der Waals surface area contributed by atoms with Gasteiger partial charge in [-0.3, -0.25) is 9.58 Å². The van der Waals surface area contributed by atoms with Crippen molar-refractivity contribution in [1.29, 1.82) is 0 Å². The third-order valence-electron chi connectivity index (χ3n) is 5.46. The lowest BCUT2D eigenvalue weighted by Gasteiger charge is -2.32. The molecule has 1 aliphatic rings. The van der Waals surface area contributed by atoms with Gasteiger partial charge in [0, 0.05) is 27.2 Å². The Hall–Kier alpha value is -1.70. The van der Waals surface area contributed by atoms with Crippen molar-refractivity contribution in [2.24, 2.45) is 5.92 Å². The summed E-state index contributed by atoms with van der Waals surface area (Å²) in [4.78, 5) is 2.71. The quantitative estimate of drug-likeness (QED) is 0.761. The summed E-state index contributed by atoms with van der Waals surface area (Å²) < 4.78 is 28.2. The Labute approximate surface area is 162 Å². The molecule has 0 N–H and O–H groups in total. The van der Waals surface area contributed by atoms with Crippen molar-refractivity contribution in [3.05, 3.63) is 47.3 Å². The van der Waals surface area contributed by atoms with Crippen LogP contribution >= 0.6 is 0 Å². The lowest BCUT2D eigenvalue weighted by atomic mass is 9.90. The number of hydrogen-bond acceptors (Lipinski definition) is 4. The molecule has 1 aliphatic heterocycles. The molecule has 7 heteroatoms. The zero-order valence-electron chi connectivity index (χ0n) is 16.7. The first-order chi connectivity index (χ1) is 12.8. The van der Waals surface area contributed by atoms with Crippen molar-refractivity contribution in [3.63, 3.8) is 0 Å². The summed E-state index contributed by atoms with van der Waals surface area (Å²) in [5.74, 6) is 0.716. The second-order valence-corrected chi connectivity index (χ2v) is 9.77. The minimum Gasteiger partial charge on any atom is -0.284 e. The third kappa shape index (κ3) is 4.42. The average molecular weight is 391 g/mol. The zero-order chi connectivity index (χ0) is 19.6. The highest BCUT2D eigenvalue weighted by molar-refractivity contribution is 7.89. The van der Waals surface area contributed by atoms with E-state index in [0.29, 0.717) is 28.9 Å². The van der Waals surface area contributed by atoms with Gasteiger partial charge in [0.1, 0.15) is 4.90 Å². The first-order valence-corrected chi connectivity index (χ1v) is 11.0. The summed E-state index contributed by atoms with van der Waals surface area (Å²) in [5, 5.41) is 4.51. The molecule has 0 atom stereocenters. The predicted molar refractivity (Wildman–Crippen MR) is 107 cm³/mol. The number of rotatable bonds is 6. The van der Waals surface area contributed by atoms with Crippen LogP contribution in [-0.4, -0.2) is 54.6 Å². The van der Waals surface area contributed by atoms with E-state index >= 15 is 0 Å². The van der Waals surface area contributed by atoms with E-state index in [1.807, 2.05) is 11.6 Å². The van der Waals surface area contributed by atoms with Gasteiger partial charge in [-0.1, -0.05) is 30.3 Å². The molecule has 0 aliphatic carbocycles. The topological polar surface area (TPSA) is 58.4 Å². The fourth-order valence-corrected chi connectivity index (χ4v) is 5.10. The van der Waals surface area contributed by atoms with Crippen molar-refractivity contribution in [3.8, 4) is 0 Å². The Balaban J connectivity index is 1.63. The van der Waals surface area contributed by atoms with Gasteiger partial charge in [-0.15, -0.1) is 0 Å². The number of aryl methyl sites for hydroxylation is 1. The lowest BCUT2D eigenvalue weighted by Crippen LogP contribution is -2.36. The Morgan fingerprint density at radius 1 is 1.11 bits per heavy atom. The number of aromatic nitrogens is 2. The van der Waals surface area contributed by atoms with Gasteiger partial charge in [0.2, 0.25) is 10.0 Å². The molecule has 0 spiro atoms. The molecule has 27 heavy (non-hydrogen) atoms. The number of sulfonamides is 1. The molecule has 1 aromatic heterocycles. The van der Waals surface area contributed by atoms with Gasteiger partial charge in [0.15, 0.2) is 0 Å². The van der Waals surface area contributed by atoms with Crippen molar-refractivity contribution in [2.75, 3.05) is 27.2 Å². The van der Waals surface area contributed by atoms with Crippen LogP contribution in [-0.2, 0) is 23.1 Å². The maximum absolute atomic E-state index is 12.6. The van der Waals surface area contributed by atoms with Gasteiger partial charge < -0.3 is 0 Å². The maximum Gasteiger partial charge on any atom is 0.246 e. The minimum atomic E-state index is -3.47. The fourth-order valence-electron chi connectivity index (χ4n) is 3.84.